The Morgan fingerprint density at radius 2 is 2.07 bits per heavy atom. The van der Waals surface area contributed by atoms with Gasteiger partial charge in [0.25, 0.3) is 0 Å². The van der Waals surface area contributed by atoms with Crippen molar-refractivity contribution in [1.82, 2.24) is 19.9 Å². The van der Waals surface area contributed by atoms with E-state index in [-0.39, 0.29) is 24.4 Å². The number of para-hydroxylation sites is 1. The molecule has 0 saturated carbocycles. The number of fused-ring (bicyclic) bond motifs is 2. The van der Waals surface area contributed by atoms with Crippen molar-refractivity contribution in [3.8, 4) is 0 Å². The smallest absolute Gasteiger partial charge is 0.243 e. The number of aromatic nitrogens is 3. The Hall–Kier alpha value is -3.22. The highest BCUT2D eigenvalue weighted by molar-refractivity contribution is 5.96. The van der Waals surface area contributed by atoms with Crippen LogP contribution in [-0.2, 0) is 16.0 Å². The topological polar surface area (TPSA) is 88.9 Å². The molecular weight excluding hydrogens is 342 g/mol. The third-order valence-electron chi connectivity index (χ3n) is 4.85. The number of nitrogens with zero attached hydrogens (tertiary/aromatic N) is 3. The fraction of sp³-hybridized carbons (Fsp3) is 0.300. The van der Waals surface area contributed by atoms with E-state index in [1.54, 1.807) is 12.4 Å². The summed E-state index contributed by atoms with van der Waals surface area (Å²) in [4.78, 5) is 33.5. The number of hydrogen-bond donors (Lipinski definition) is 2. The molecule has 1 aliphatic rings. The Bertz CT molecular complexity index is 1010. The summed E-state index contributed by atoms with van der Waals surface area (Å²) >= 11 is 0. The average molecular weight is 363 g/mol. The molecular formula is C20H21N5O2. The largest absolute Gasteiger partial charge is 0.345 e. The summed E-state index contributed by atoms with van der Waals surface area (Å²) in [6.07, 6.45) is 5.97. The lowest BCUT2D eigenvalue weighted by Crippen LogP contribution is -2.39. The van der Waals surface area contributed by atoms with E-state index in [4.69, 9.17) is 0 Å². The standard InChI is InChI=1S/C20H21N5O2/c1-13-10-22-18-8-4-7-17(25(13)18)20(27)23-12-19(26)24-15-9-14-5-2-3-6-16(14)21-11-15/h2-3,5-6,9-11,17H,4,7-8,12H2,1H3,(H,23,27)(H,24,26). The van der Waals surface area contributed by atoms with Gasteiger partial charge < -0.3 is 15.2 Å². The monoisotopic (exact) mass is 363 g/mol. The molecule has 0 bridgehead atoms. The summed E-state index contributed by atoms with van der Waals surface area (Å²) < 4.78 is 1.98. The highest BCUT2D eigenvalue weighted by Gasteiger charge is 2.27. The zero-order valence-electron chi connectivity index (χ0n) is 15.1. The zero-order valence-corrected chi connectivity index (χ0v) is 15.1. The quantitative estimate of drug-likeness (QED) is 0.745. The molecule has 3 heterocycles. The number of carbonyl (C=O) groups is 2. The highest BCUT2D eigenvalue weighted by Crippen LogP contribution is 2.26. The minimum absolute atomic E-state index is 0.0781. The second-order valence-corrected chi connectivity index (χ2v) is 6.78. The molecule has 0 spiro atoms. The van der Waals surface area contributed by atoms with Crippen molar-refractivity contribution in [2.45, 2.75) is 32.2 Å². The van der Waals surface area contributed by atoms with Gasteiger partial charge in [-0.3, -0.25) is 14.6 Å². The Kier molecular flexibility index (Phi) is 4.58. The van der Waals surface area contributed by atoms with Gasteiger partial charge in [-0.05, 0) is 31.9 Å². The second kappa shape index (κ2) is 7.19. The molecule has 2 aromatic heterocycles. The van der Waals surface area contributed by atoms with E-state index in [0.717, 1.165) is 41.7 Å². The van der Waals surface area contributed by atoms with Crippen LogP contribution in [0.15, 0.2) is 42.7 Å². The number of amides is 2. The van der Waals surface area contributed by atoms with Crippen molar-refractivity contribution in [2.75, 3.05) is 11.9 Å². The predicted molar refractivity (Wildman–Crippen MR) is 102 cm³/mol. The Labute approximate surface area is 156 Å². The van der Waals surface area contributed by atoms with Crippen LogP contribution in [0.1, 0.15) is 30.4 Å². The molecule has 0 fully saturated rings. The maximum absolute atomic E-state index is 12.6. The van der Waals surface area contributed by atoms with E-state index in [2.05, 4.69) is 20.6 Å². The number of benzene rings is 1. The van der Waals surface area contributed by atoms with Crippen molar-refractivity contribution in [3.05, 3.63) is 54.2 Å². The molecule has 1 aromatic carbocycles. The number of nitrogens with one attached hydrogen (secondary N) is 2. The normalized spacial score (nSPS) is 16.0. The molecule has 1 atom stereocenters. The number of rotatable bonds is 4. The van der Waals surface area contributed by atoms with Crippen LogP contribution in [0, 0.1) is 6.92 Å². The maximum atomic E-state index is 12.6. The first kappa shape index (κ1) is 17.2. The second-order valence-electron chi connectivity index (χ2n) is 6.78. The molecule has 138 valence electrons. The minimum atomic E-state index is -0.300. The van der Waals surface area contributed by atoms with Crippen LogP contribution < -0.4 is 10.6 Å². The molecule has 7 heteroatoms. The van der Waals surface area contributed by atoms with Crippen LogP contribution >= 0.6 is 0 Å². The maximum Gasteiger partial charge on any atom is 0.243 e. The molecule has 3 aromatic rings. The lowest BCUT2D eigenvalue weighted by Gasteiger charge is -2.25. The lowest BCUT2D eigenvalue weighted by molar-refractivity contribution is -0.127. The van der Waals surface area contributed by atoms with Gasteiger partial charge in [-0.1, -0.05) is 18.2 Å². The molecule has 1 unspecified atom stereocenters. The van der Waals surface area contributed by atoms with Gasteiger partial charge in [0, 0.05) is 23.7 Å². The SMILES string of the molecule is Cc1cnc2n1C(C(=O)NCC(=O)Nc1cnc3ccccc3c1)CCC2. The number of pyridine rings is 1. The van der Waals surface area contributed by atoms with Gasteiger partial charge in [0.1, 0.15) is 11.9 Å². The fourth-order valence-corrected chi connectivity index (χ4v) is 3.57. The van der Waals surface area contributed by atoms with E-state index >= 15 is 0 Å². The number of imidazole rings is 1. The number of carbonyl (C=O) groups excluding carboxylic acids is 2. The summed E-state index contributed by atoms with van der Waals surface area (Å²) in [5.74, 6) is 0.508. The van der Waals surface area contributed by atoms with Crippen LogP contribution in [-0.4, -0.2) is 32.9 Å². The van der Waals surface area contributed by atoms with Crippen molar-refractivity contribution in [3.63, 3.8) is 0 Å². The van der Waals surface area contributed by atoms with Crippen molar-refractivity contribution in [1.29, 1.82) is 0 Å². The molecule has 4 rings (SSSR count). The number of aryl methyl sites for hydroxylation is 2. The van der Waals surface area contributed by atoms with Crippen LogP contribution in [0.2, 0.25) is 0 Å². The van der Waals surface area contributed by atoms with Gasteiger partial charge in [0.2, 0.25) is 11.8 Å². The van der Waals surface area contributed by atoms with E-state index < -0.39 is 0 Å². The third-order valence-corrected chi connectivity index (χ3v) is 4.85. The summed E-state index contributed by atoms with van der Waals surface area (Å²) in [6.45, 7) is 1.87. The van der Waals surface area contributed by atoms with E-state index in [9.17, 15) is 9.59 Å². The summed E-state index contributed by atoms with van der Waals surface area (Å²) in [6, 6.07) is 9.26. The zero-order chi connectivity index (χ0) is 18.8. The number of hydrogen-bond acceptors (Lipinski definition) is 4. The summed E-state index contributed by atoms with van der Waals surface area (Å²) in [7, 11) is 0. The van der Waals surface area contributed by atoms with Gasteiger partial charge in [-0.15, -0.1) is 0 Å². The van der Waals surface area contributed by atoms with E-state index in [1.165, 1.54) is 0 Å². The molecule has 27 heavy (non-hydrogen) atoms. The third kappa shape index (κ3) is 3.53. The minimum Gasteiger partial charge on any atom is -0.345 e. The van der Waals surface area contributed by atoms with Crippen molar-refractivity contribution >= 4 is 28.4 Å². The summed E-state index contributed by atoms with van der Waals surface area (Å²) in [5.41, 5.74) is 2.45. The number of anilines is 1. The highest BCUT2D eigenvalue weighted by atomic mass is 16.2. The molecule has 0 aliphatic carbocycles. The molecule has 2 N–H and O–H groups in total. The first-order chi connectivity index (χ1) is 13.1. The van der Waals surface area contributed by atoms with Crippen LogP contribution in [0.5, 0.6) is 0 Å². The van der Waals surface area contributed by atoms with Crippen LogP contribution in [0.4, 0.5) is 5.69 Å². The van der Waals surface area contributed by atoms with Gasteiger partial charge in [0.05, 0.1) is 23.9 Å². The van der Waals surface area contributed by atoms with Gasteiger partial charge in [-0.25, -0.2) is 4.98 Å². The first-order valence-corrected chi connectivity index (χ1v) is 9.07. The van der Waals surface area contributed by atoms with Crippen molar-refractivity contribution in [2.24, 2.45) is 0 Å². The van der Waals surface area contributed by atoms with Crippen molar-refractivity contribution < 1.29 is 9.59 Å². The van der Waals surface area contributed by atoms with Gasteiger partial charge in [-0.2, -0.15) is 0 Å². The molecule has 0 radical (unpaired) electrons. The predicted octanol–water partition coefficient (Wildman–Crippen LogP) is 2.37. The van der Waals surface area contributed by atoms with E-state index in [1.807, 2.05) is 41.8 Å². The first-order valence-electron chi connectivity index (χ1n) is 9.07. The molecule has 1 aliphatic heterocycles. The summed E-state index contributed by atoms with van der Waals surface area (Å²) in [5, 5.41) is 6.48. The molecule has 0 saturated heterocycles. The Morgan fingerprint density at radius 1 is 1.22 bits per heavy atom. The van der Waals surface area contributed by atoms with Crippen LogP contribution in [0.3, 0.4) is 0 Å². The lowest BCUT2D eigenvalue weighted by atomic mass is 10.0. The molecule has 7 nitrogen and oxygen atoms in total. The van der Waals surface area contributed by atoms with Gasteiger partial charge >= 0.3 is 0 Å². The fourth-order valence-electron chi connectivity index (χ4n) is 3.57. The Balaban J connectivity index is 1.37. The van der Waals surface area contributed by atoms with Crippen LogP contribution in [0.25, 0.3) is 10.9 Å². The van der Waals surface area contributed by atoms with E-state index in [0.29, 0.717) is 5.69 Å². The Morgan fingerprint density at radius 3 is 2.96 bits per heavy atom. The van der Waals surface area contributed by atoms with Gasteiger partial charge in [0.15, 0.2) is 0 Å². The average Bonchev–Trinajstić information content (AvgIpc) is 3.07. The molecule has 2 amide bonds.